The highest BCUT2D eigenvalue weighted by molar-refractivity contribution is 5.89. The molecule has 15 heavy (non-hydrogen) atoms. The van der Waals surface area contributed by atoms with Crippen molar-refractivity contribution < 1.29 is 14.7 Å². The van der Waals surface area contributed by atoms with Gasteiger partial charge >= 0.3 is 5.97 Å². The number of carbonyl (C=O) groups is 2. The smallest absolute Gasteiger partial charge is 0.330 e. The normalized spacial score (nSPS) is 21.5. The van der Waals surface area contributed by atoms with Crippen molar-refractivity contribution in [2.75, 3.05) is 6.54 Å². The molecular weight excluding hydrogens is 194 g/mol. The molecule has 1 N–H and O–H groups in total. The Balaban J connectivity index is 2.91. The second-order valence-electron chi connectivity index (χ2n) is 4.90. The maximum atomic E-state index is 12.0. The molecule has 1 aliphatic heterocycles. The van der Waals surface area contributed by atoms with E-state index in [1.54, 1.807) is 33.8 Å². The van der Waals surface area contributed by atoms with Gasteiger partial charge in [0.25, 0.3) is 0 Å². The monoisotopic (exact) mass is 211 g/mol. The fourth-order valence-electron chi connectivity index (χ4n) is 1.66. The van der Waals surface area contributed by atoms with Crippen molar-refractivity contribution in [3.8, 4) is 0 Å². The van der Waals surface area contributed by atoms with Gasteiger partial charge in [0.1, 0.15) is 0 Å². The Bertz CT molecular complexity index is 325. The molecule has 1 unspecified atom stereocenters. The third kappa shape index (κ3) is 2.19. The van der Waals surface area contributed by atoms with Crippen molar-refractivity contribution in [1.29, 1.82) is 0 Å². The number of carbonyl (C=O) groups excluding carboxylic acids is 1. The molecule has 1 amide bonds. The minimum Gasteiger partial charge on any atom is -0.479 e. The SMILES string of the molecule is CC1=CCN(C(=O)C(C)(C)C)C1C(=O)O. The number of carboxylic acid groups (broad SMARTS) is 1. The summed E-state index contributed by atoms with van der Waals surface area (Å²) in [5, 5.41) is 9.03. The van der Waals surface area contributed by atoms with Gasteiger partial charge in [-0.2, -0.15) is 0 Å². The van der Waals surface area contributed by atoms with Crippen LogP contribution in [0, 0.1) is 5.41 Å². The summed E-state index contributed by atoms with van der Waals surface area (Å²) in [6.45, 7) is 7.53. The largest absolute Gasteiger partial charge is 0.479 e. The predicted octanol–water partition coefficient (Wildman–Crippen LogP) is 1.27. The van der Waals surface area contributed by atoms with Gasteiger partial charge in [0.05, 0.1) is 0 Å². The Morgan fingerprint density at radius 2 is 2.00 bits per heavy atom. The first-order valence-corrected chi connectivity index (χ1v) is 4.95. The lowest BCUT2D eigenvalue weighted by molar-refractivity contribution is -0.150. The van der Waals surface area contributed by atoms with E-state index in [-0.39, 0.29) is 5.91 Å². The first kappa shape index (κ1) is 11.8. The molecule has 4 nitrogen and oxygen atoms in total. The third-order valence-electron chi connectivity index (χ3n) is 2.49. The van der Waals surface area contributed by atoms with Crippen LogP contribution in [0.4, 0.5) is 0 Å². The summed E-state index contributed by atoms with van der Waals surface area (Å²) in [7, 11) is 0. The van der Waals surface area contributed by atoms with Crippen molar-refractivity contribution in [2.24, 2.45) is 5.41 Å². The molecule has 0 saturated carbocycles. The summed E-state index contributed by atoms with van der Waals surface area (Å²) < 4.78 is 0. The Kier molecular flexibility index (Phi) is 2.88. The molecule has 1 aliphatic rings. The maximum absolute atomic E-state index is 12.0. The lowest BCUT2D eigenvalue weighted by Crippen LogP contribution is -2.47. The van der Waals surface area contributed by atoms with Gasteiger partial charge in [-0.1, -0.05) is 26.8 Å². The average molecular weight is 211 g/mol. The van der Waals surface area contributed by atoms with Crippen molar-refractivity contribution in [3.63, 3.8) is 0 Å². The second kappa shape index (κ2) is 3.68. The van der Waals surface area contributed by atoms with Crippen LogP contribution in [0.5, 0.6) is 0 Å². The van der Waals surface area contributed by atoms with E-state index >= 15 is 0 Å². The minimum atomic E-state index is -0.959. The molecule has 84 valence electrons. The van der Waals surface area contributed by atoms with Crippen LogP contribution in [-0.2, 0) is 9.59 Å². The summed E-state index contributed by atoms with van der Waals surface area (Å²) in [5.74, 6) is -1.08. The summed E-state index contributed by atoms with van der Waals surface area (Å²) in [6.07, 6.45) is 1.79. The van der Waals surface area contributed by atoms with Gasteiger partial charge in [-0.25, -0.2) is 4.79 Å². The van der Waals surface area contributed by atoms with Crippen LogP contribution in [0.15, 0.2) is 11.6 Å². The molecule has 1 heterocycles. The van der Waals surface area contributed by atoms with Crippen molar-refractivity contribution in [3.05, 3.63) is 11.6 Å². The van der Waals surface area contributed by atoms with Gasteiger partial charge in [0.15, 0.2) is 6.04 Å². The molecule has 0 aliphatic carbocycles. The molecule has 0 fully saturated rings. The van der Waals surface area contributed by atoms with Crippen molar-refractivity contribution in [2.45, 2.75) is 33.7 Å². The van der Waals surface area contributed by atoms with Crippen LogP contribution in [0.25, 0.3) is 0 Å². The zero-order valence-corrected chi connectivity index (χ0v) is 9.57. The van der Waals surface area contributed by atoms with E-state index in [1.807, 2.05) is 0 Å². The van der Waals surface area contributed by atoms with Gasteiger partial charge in [-0.15, -0.1) is 0 Å². The Morgan fingerprint density at radius 1 is 1.47 bits per heavy atom. The summed E-state index contributed by atoms with van der Waals surface area (Å²) in [5.41, 5.74) is 0.201. The van der Waals surface area contributed by atoms with E-state index in [4.69, 9.17) is 5.11 Å². The van der Waals surface area contributed by atoms with Gasteiger partial charge in [-0.3, -0.25) is 4.79 Å². The number of nitrogens with zero attached hydrogens (tertiary/aromatic N) is 1. The highest BCUT2D eigenvalue weighted by Gasteiger charge is 2.38. The standard InChI is InChI=1S/C11H17NO3/c1-7-5-6-12(8(7)9(13)14)10(15)11(2,3)4/h5,8H,6H2,1-4H3,(H,13,14). The summed E-state index contributed by atoms with van der Waals surface area (Å²) in [4.78, 5) is 24.4. The molecule has 0 spiro atoms. The fraction of sp³-hybridized carbons (Fsp3) is 0.636. The van der Waals surface area contributed by atoms with Crippen LogP contribution >= 0.6 is 0 Å². The Morgan fingerprint density at radius 3 is 2.40 bits per heavy atom. The van der Waals surface area contributed by atoms with Gasteiger partial charge in [0.2, 0.25) is 5.91 Å². The number of amides is 1. The Labute approximate surface area is 89.6 Å². The molecule has 0 radical (unpaired) electrons. The molecule has 0 saturated heterocycles. The highest BCUT2D eigenvalue weighted by atomic mass is 16.4. The van der Waals surface area contributed by atoms with Gasteiger partial charge < -0.3 is 10.0 Å². The van der Waals surface area contributed by atoms with Gasteiger partial charge in [0, 0.05) is 12.0 Å². The fourth-order valence-corrected chi connectivity index (χ4v) is 1.66. The number of hydrogen-bond acceptors (Lipinski definition) is 2. The number of rotatable bonds is 1. The van der Waals surface area contributed by atoms with Crippen molar-refractivity contribution >= 4 is 11.9 Å². The average Bonchev–Trinajstić information content (AvgIpc) is 2.43. The van der Waals surface area contributed by atoms with Crippen LogP contribution in [0.3, 0.4) is 0 Å². The lowest BCUT2D eigenvalue weighted by atomic mass is 9.94. The Hall–Kier alpha value is -1.32. The minimum absolute atomic E-state index is 0.122. The van der Waals surface area contributed by atoms with Crippen LogP contribution in [0.1, 0.15) is 27.7 Å². The predicted molar refractivity (Wildman–Crippen MR) is 56.3 cm³/mol. The van der Waals surface area contributed by atoms with Crippen LogP contribution < -0.4 is 0 Å². The number of hydrogen-bond donors (Lipinski definition) is 1. The van der Waals surface area contributed by atoms with E-state index in [2.05, 4.69) is 0 Å². The second-order valence-corrected chi connectivity index (χ2v) is 4.90. The first-order valence-electron chi connectivity index (χ1n) is 4.95. The zero-order valence-electron chi connectivity index (χ0n) is 9.57. The summed E-state index contributed by atoms with van der Waals surface area (Å²) in [6, 6.07) is -0.781. The van der Waals surface area contributed by atoms with Crippen LogP contribution in [-0.4, -0.2) is 34.5 Å². The van der Waals surface area contributed by atoms with E-state index in [0.29, 0.717) is 6.54 Å². The summed E-state index contributed by atoms with van der Waals surface area (Å²) >= 11 is 0. The van der Waals surface area contributed by atoms with Crippen molar-refractivity contribution in [1.82, 2.24) is 4.90 Å². The van der Waals surface area contributed by atoms with Crippen LogP contribution in [0.2, 0.25) is 0 Å². The molecule has 0 bridgehead atoms. The lowest BCUT2D eigenvalue weighted by Gasteiger charge is -2.29. The topological polar surface area (TPSA) is 57.6 Å². The number of carboxylic acids is 1. The molecule has 0 aromatic heterocycles. The zero-order chi connectivity index (χ0) is 11.8. The highest BCUT2D eigenvalue weighted by Crippen LogP contribution is 2.25. The first-order chi connectivity index (χ1) is 6.75. The molecule has 1 rings (SSSR count). The van der Waals surface area contributed by atoms with E-state index in [9.17, 15) is 9.59 Å². The maximum Gasteiger partial charge on any atom is 0.330 e. The van der Waals surface area contributed by atoms with E-state index in [1.165, 1.54) is 4.90 Å². The molecule has 4 heteroatoms. The molecule has 0 aromatic rings. The third-order valence-corrected chi connectivity index (χ3v) is 2.49. The van der Waals surface area contributed by atoms with E-state index in [0.717, 1.165) is 5.57 Å². The molecule has 0 aromatic carbocycles. The number of aliphatic carboxylic acids is 1. The molecular formula is C11H17NO3. The molecule has 1 atom stereocenters. The quantitative estimate of drug-likeness (QED) is 0.664. The van der Waals surface area contributed by atoms with E-state index < -0.39 is 17.4 Å². The van der Waals surface area contributed by atoms with Gasteiger partial charge in [-0.05, 0) is 12.5 Å².